The summed E-state index contributed by atoms with van der Waals surface area (Å²) < 4.78 is 183. The fraction of sp³-hybridized carbons (Fsp3) is 1.00. The Balaban J connectivity index is 7.05. The predicted octanol–water partition coefficient (Wildman–Crippen LogP) is 5.40. The van der Waals surface area contributed by atoms with Crippen LogP contribution in [0.15, 0.2) is 0 Å². The summed E-state index contributed by atoms with van der Waals surface area (Å²) in [4.78, 5) is 0. The minimum atomic E-state index is -8.05. The Hall–Kier alpha value is -1.05. The van der Waals surface area contributed by atoms with Crippen molar-refractivity contribution in [1.29, 1.82) is 0 Å². The van der Waals surface area contributed by atoms with Gasteiger partial charge < -0.3 is 0 Å². The van der Waals surface area contributed by atoms with Crippen molar-refractivity contribution < 1.29 is 65.9 Å². The molecule has 0 radical (unpaired) electrons. The molecule has 0 heterocycles. The fourth-order valence-electron chi connectivity index (χ4n) is 1.65. The molecule has 0 aromatic rings. The van der Waals surface area contributed by atoms with Crippen LogP contribution in [0.1, 0.15) is 0 Å². The average molecular weight is 370 g/mol. The maximum atomic E-state index is 12.2. The fourth-order valence-corrected chi connectivity index (χ4v) is 1.65. The van der Waals surface area contributed by atoms with E-state index in [1.54, 1.807) is 0 Å². The van der Waals surface area contributed by atoms with E-state index >= 15 is 0 Å². The van der Waals surface area contributed by atoms with Gasteiger partial charge in [-0.05, 0) is 0 Å². The molecule has 0 aromatic carbocycles. The van der Waals surface area contributed by atoms with Crippen LogP contribution in [0.25, 0.3) is 0 Å². The molecule has 0 saturated carbocycles. The van der Waals surface area contributed by atoms with E-state index in [0.29, 0.717) is 0 Å². The maximum Gasteiger partial charge on any atom is 0.413 e. The van der Waals surface area contributed by atoms with Crippen molar-refractivity contribution in [1.82, 2.24) is 0 Å². The molecule has 0 aliphatic heterocycles. The Kier molecular flexibility index (Phi) is 4.74. The van der Waals surface area contributed by atoms with Gasteiger partial charge in [-0.15, -0.1) is 0 Å². The maximum absolute atomic E-state index is 12.2. The lowest BCUT2D eigenvalue weighted by atomic mass is 9.71. The van der Waals surface area contributed by atoms with Crippen molar-refractivity contribution in [3.63, 3.8) is 0 Å². The molecule has 0 N–H and O–H groups in total. The third-order valence-electron chi connectivity index (χ3n) is 2.43. The number of hydrogen-bond acceptors (Lipinski definition) is 0. The van der Waals surface area contributed by atoms with Gasteiger partial charge in [0.2, 0.25) is 0 Å². The highest BCUT2D eigenvalue weighted by molar-refractivity contribution is 5.08. The largest absolute Gasteiger partial charge is 0.413 e. The second kappa shape index (κ2) is 4.97. The second-order valence-corrected chi connectivity index (χ2v) is 3.82. The van der Waals surface area contributed by atoms with Gasteiger partial charge in [0.15, 0.2) is 5.92 Å². The zero-order chi connectivity index (χ0) is 18.6. The first-order valence-corrected chi connectivity index (χ1v) is 4.45. The molecule has 0 amide bonds. The quantitative estimate of drug-likeness (QED) is 0.543. The van der Waals surface area contributed by atoms with Crippen LogP contribution in [0, 0.1) is 11.3 Å². The zero-order valence-corrected chi connectivity index (χ0v) is 9.25. The molecule has 0 saturated heterocycles. The van der Waals surface area contributed by atoms with E-state index in [9.17, 15) is 65.9 Å². The average Bonchev–Trinajstić information content (AvgIpc) is 2.02. The van der Waals surface area contributed by atoms with Crippen LogP contribution in [0.5, 0.6) is 0 Å². The van der Waals surface area contributed by atoms with Crippen molar-refractivity contribution in [2.45, 2.75) is 30.9 Å². The topological polar surface area (TPSA) is 0 Å². The SMILES string of the molecule is FC(F)(F)C(C(F)(F)F)C(C(F)(F)F)(C(F)(F)F)C(F)(F)F. The van der Waals surface area contributed by atoms with E-state index in [4.69, 9.17) is 0 Å². The minimum absolute atomic E-state index is 6.77. The van der Waals surface area contributed by atoms with Gasteiger partial charge in [0.25, 0.3) is 5.41 Å². The number of alkyl halides is 15. The summed E-state index contributed by atoms with van der Waals surface area (Å²) >= 11 is 0. The summed E-state index contributed by atoms with van der Waals surface area (Å²) in [5, 5.41) is 0. The normalized spacial score (nSPS) is 16.4. The lowest BCUT2D eigenvalue weighted by Gasteiger charge is -2.44. The van der Waals surface area contributed by atoms with E-state index in [-0.39, 0.29) is 0 Å². The number of hydrogen-bond donors (Lipinski definition) is 0. The van der Waals surface area contributed by atoms with Crippen molar-refractivity contribution in [2.75, 3.05) is 0 Å². The van der Waals surface area contributed by atoms with Crippen molar-refractivity contribution in [2.24, 2.45) is 11.3 Å². The molecule has 0 aliphatic carbocycles. The molecule has 22 heavy (non-hydrogen) atoms. The summed E-state index contributed by atoms with van der Waals surface area (Å²) in [6.07, 6.45) is -39.0. The molecule has 0 unspecified atom stereocenters. The van der Waals surface area contributed by atoms with Gasteiger partial charge in [-0.25, -0.2) is 0 Å². The summed E-state index contributed by atoms with van der Waals surface area (Å²) in [6.45, 7) is 0. The van der Waals surface area contributed by atoms with Gasteiger partial charge in [-0.2, -0.15) is 65.9 Å². The van der Waals surface area contributed by atoms with Crippen molar-refractivity contribution in [3.8, 4) is 0 Å². The molecule has 0 nitrogen and oxygen atoms in total. The van der Waals surface area contributed by atoms with Gasteiger partial charge in [0.05, 0.1) is 0 Å². The zero-order valence-electron chi connectivity index (χ0n) is 9.25. The Morgan fingerprint density at radius 1 is 0.364 bits per heavy atom. The van der Waals surface area contributed by atoms with E-state index in [1.165, 1.54) is 0 Å². The van der Waals surface area contributed by atoms with Crippen LogP contribution in [-0.4, -0.2) is 30.9 Å². The highest BCUT2D eigenvalue weighted by Gasteiger charge is 2.93. The third-order valence-corrected chi connectivity index (χ3v) is 2.43. The highest BCUT2D eigenvalue weighted by Crippen LogP contribution is 2.68. The predicted molar refractivity (Wildman–Crippen MR) is 36.2 cm³/mol. The summed E-state index contributed by atoms with van der Waals surface area (Å²) in [6, 6.07) is 0. The molecular formula is C7HF15. The first-order valence-electron chi connectivity index (χ1n) is 4.45. The molecule has 0 bridgehead atoms. The van der Waals surface area contributed by atoms with Crippen LogP contribution in [0.2, 0.25) is 0 Å². The van der Waals surface area contributed by atoms with Gasteiger partial charge >= 0.3 is 30.9 Å². The Morgan fingerprint density at radius 2 is 0.545 bits per heavy atom. The van der Waals surface area contributed by atoms with Crippen LogP contribution in [-0.2, 0) is 0 Å². The highest BCUT2D eigenvalue weighted by atomic mass is 19.4. The van der Waals surface area contributed by atoms with E-state index < -0.39 is 42.2 Å². The molecule has 0 aliphatic rings. The Morgan fingerprint density at radius 3 is 0.591 bits per heavy atom. The van der Waals surface area contributed by atoms with Crippen LogP contribution < -0.4 is 0 Å². The summed E-state index contributed by atoms with van der Waals surface area (Å²) in [5.41, 5.74) is -8.05. The third kappa shape index (κ3) is 3.16. The monoisotopic (exact) mass is 370 g/mol. The Bertz CT molecular complexity index is 333. The van der Waals surface area contributed by atoms with Gasteiger partial charge in [0.1, 0.15) is 0 Å². The van der Waals surface area contributed by atoms with Gasteiger partial charge in [-0.3, -0.25) is 0 Å². The smallest absolute Gasteiger partial charge is 0.170 e. The van der Waals surface area contributed by atoms with E-state index in [2.05, 4.69) is 0 Å². The van der Waals surface area contributed by atoms with Crippen LogP contribution >= 0.6 is 0 Å². The lowest BCUT2D eigenvalue weighted by molar-refractivity contribution is -0.489. The van der Waals surface area contributed by atoms with Crippen molar-refractivity contribution in [3.05, 3.63) is 0 Å². The van der Waals surface area contributed by atoms with Crippen molar-refractivity contribution >= 4 is 0 Å². The summed E-state index contributed by atoms with van der Waals surface area (Å²) in [7, 11) is 0. The molecule has 0 fully saturated rings. The van der Waals surface area contributed by atoms with Gasteiger partial charge in [0, 0.05) is 0 Å². The molecule has 0 rings (SSSR count). The summed E-state index contributed by atoms with van der Waals surface area (Å²) in [5.74, 6) is -6.77. The Labute approximate surface area is 109 Å². The molecule has 0 aromatic heterocycles. The molecule has 134 valence electrons. The number of rotatable bonds is 1. The second-order valence-electron chi connectivity index (χ2n) is 3.82. The number of halogens is 15. The first kappa shape index (κ1) is 20.9. The molecule has 15 heteroatoms. The lowest BCUT2D eigenvalue weighted by Crippen LogP contribution is -2.69. The van der Waals surface area contributed by atoms with Gasteiger partial charge in [-0.1, -0.05) is 0 Å². The minimum Gasteiger partial charge on any atom is -0.170 e. The first-order chi connectivity index (χ1) is 9.12. The standard InChI is InChI=1S/C7HF15/c8-3(9,10)1(4(11,12)13)2(5(14,15)16,6(17,18)19)7(20,21)22/h1H. The molecular weight excluding hydrogens is 369 g/mol. The van der Waals surface area contributed by atoms with Crippen LogP contribution in [0.4, 0.5) is 65.9 Å². The van der Waals surface area contributed by atoms with Crippen LogP contribution in [0.3, 0.4) is 0 Å². The van der Waals surface area contributed by atoms with E-state index in [0.717, 1.165) is 0 Å². The molecule has 0 atom stereocenters. The van der Waals surface area contributed by atoms with E-state index in [1.807, 2.05) is 0 Å². The molecule has 0 spiro atoms.